The van der Waals surface area contributed by atoms with Gasteiger partial charge in [-0.1, -0.05) is 17.7 Å². The summed E-state index contributed by atoms with van der Waals surface area (Å²) in [4.78, 5) is 0. The van der Waals surface area contributed by atoms with Crippen molar-refractivity contribution in [2.24, 2.45) is 0 Å². The predicted octanol–water partition coefficient (Wildman–Crippen LogP) is 4.29. The summed E-state index contributed by atoms with van der Waals surface area (Å²) in [6.07, 6.45) is 0. The van der Waals surface area contributed by atoms with E-state index in [9.17, 15) is 4.39 Å². The molecule has 0 spiro atoms. The zero-order valence-electron chi connectivity index (χ0n) is 13.1. The zero-order valence-corrected chi connectivity index (χ0v) is 13.8. The van der Waals surface area contributed by atoms with Gasteiger partial charge in [0.25, 0.3) is 0 Å². The fourth-order valence-corrected chi connectivity index (χ4v) is 2.88. The number of furan rings is 1. The number of ether oxygens (including phenoxy) is 1. The highest BCUT2D eigenvalue weighted by atomic mass is 35.5. The molecular formula is C17H12ClFN4O2. The molecular weight excluding hydrogens is 347 g/mol. The minimum absolute atomic E-state index is 0.0192. The van der Waals surface area contributed by atoms with Crippen molar-refractivity contribution in [1.82, 2.24) is 20.6 Å². The number of benzene rings is 2. The number of H-pyrrole nitrogens is 1. The molecule has 2 aromatic heterocycles. The molecule has 0 atom stereocenters. The Morgan fingerprint density at radius 2 is 2.16 bits per heavy atom. The minimum atomic E-state index is -0.403. The van der Waals surface area contributed by atoms with E-state index in [0.717, 1.165) is 10.9 Å². The van der Waals surface area contributed by atoms with Gasteiger partial charge in [0.1, 0.15) is 29.5 Å². The zero-order chi connectivity index (χ0) is 17.4. The summed E-state index contributed by atoms with van der Waals surface area (Å²) in [6, 6.07) is 9.86. The second kappa shape index (κ2) is 6.18. The maximum absolute atomic E-state index is 13.9. The number of aryl methyl sites for hydroxylation is 1. The highest BCUT2D eigenvalue weighted by Gasteiger charge is 2.17. The van der Waals surface area contributed by atoms with E-state index >= 15 is 0 Å². The molecule has 4 rings (SSSR count). The summed E-state index contributed by atoms with van der Waals surface area (Å²) in [5, 5.41) is 15.1. The largest absolute Gasteiger partial charge is 0.489 e. The van der Waals surface area contributed by atoms with Crippen LogP contribution >= 0.6 is 11.6 Å². The average molecular weight is 359 g/mol. The van der Waals surface area contributed by atoms with E-state index in [1.165, 1.54) is 6.07 Å². The van der Waals surface area contributed by atoms with Gasteiger partial charge in [0.2, 0.25) is 5.82 Å². The molecule has 25 heavy (non-hydrogen) atoms. The second-order valence-electron chi connectivity index (χ2n) is 5.42. The van der Waals surface area contributed by atoms with Crippen LogP contribution < -0.4 is 4.74 Å². The van der Waals surface area contributed by atoms with Gasteiger partial charge in [0.05, 0.1) is 10.6 Å². The molecule has 1 N–H and O–H groups in total. The summed E-state index contributed by atoms with van der Waals surface area (Å²) in [7, 11) is 0. The van der Waals surface area contributed by atoms with Crippen LogP contribution in [0, 0.1) is 12.7 Å². The van der Waals surface area contributed by atoms with E-state index in [-0.39, 0.29) is 6.61 Å². The Balaban J connectivity index is 1.68. The van der Waals surface area contributed by atoms with Gasteiger partial charge < -0.3 is 9.15 Å². The average Bonchev–Trinajstić information content (AvgIpc) is 3.20. The minimum Gasteiger partial charge on any atom is -0.489 e. The van der Waals surface area contributed by atoms with E-state index in [1.807, 2.05) is 6.92 Å². The van der Waals surface area contributed by atoms with Crippen molar-refractivity contribution >= 4 is 22.6 Å². The quantitative estimate of drug-likeness (QED) is 0.588. The van der Waals surface area contributed by atoms with Gasteiger partial charge in [-0.25, -0.2) is 4.39 Å². The van der Waals surface area contributed by atoms with Gasteiger partial charge in [-0.3, -0.25) is 0 Å². The lowest BCUT2D eigenvalue weighted by Crippen LogP contribution is -1.99. The van der Waals surface area contributed by atoms with E-state index in [2.05, 4.69) is 20.6 Å². The smallest absolute Gasteiger partial charge is 0.208 e. The molecule has 0 saturated carbocycles. The Hall–Kier alpha value is -2.93. The van der Waals surface area contributed by atoms with Crippen LogP contribution in [0.3, 0.4) is 0 Å². The first-order chi connectivity index (χ1) is 12.1. The van der Waals surface area contributed by atoms with Crippen molar-refractivity contribution in [3.63, 3.8) is 0 Å². The molecule has 2 aromatic carbocycles. The summed E-state index contributed by atoms with van der Waals surface area (Å²) >= 11 is 6.02. The number of tetrazole rings is 1. The van der Waals surface area contributed by atoms with Crippen LogP contribution in [0.5, 0.6) is 5.75 Å². The Labute approximate surface area is 146 Å². The van der Waals surface area contributed by atoms with Crippen LogP contribution in [-0.4, -0.2) is 20.6 Å². The summed E-state index contributed by atoms with van der Waals surface area (Å²) < 4.78 is 25.3. The maximum Gasteiger partial charge on any atom is 0.208 e. The molecule has 6 nitrogen and oxygen atoms in total. The summed E-state index contributed by atoms with van der Waals surface area (Å²) in [5.74, 6) is 1.26. The molecule has 0 unspecified atom stereocenters. The molecule has 0 radical (unpaired) electrons. The summed E-state index contributed by atoms with van der Waals surface area (Å²) in [6.45, 7) is 1.84. The SMILES string of the molecule is Cc1oc2ccc(OCc3c(F)cccc3Cl)cc2c1-c1nn[nH]n1. The molecule has 0 aliphatic carbocycles. The van der Waals surface area contributed by atoms with E-state index < -0.39 is 5.82 Å². The van der Waals surface area contributed by atoms with E-state index in [0.29, 0.717) is 33.5 Å². The Kier molecular flexibility index (Phi) is 3.85. The molecule has 0 bridgehead atoms. The van der Waals surface area contributed by atoms with Crippen molar-refractivity contribution in [3.05, 3.63) is 58.6 Å². The maximum atomic E-state index is 13.9. The third-order valence-corrected chi connectivity index (χ3v) is 4.20. The lowest BCUT2D eigenvalue weighted by molar-refractivity contribution is 0.300. The predicted molar refractivity (Wildman–Crippen MR) is 89.9 cm³/mol. The number of fused-ring (bicyclic) bond motifs is 1. The van der Waals surface area contributed by atoms with Crippen molar-refractivity contribution in [3.8, 4) is 17.1 Å². The Morgan fingerprint density at radius 3 is 2.92 bits per heavy atom. The topological polar surface area (TPSA) is 76.8 Å². The van der Waals surface area contributed by atoms with Gasteiger partial charge in [-0.2, -0.15) is 5.21 Å². The van der Waals surface area contributed by atoms with E-state index in [1.54, 1.807) is 30.3 Å². The molecule has 4 aromatic rings. The standard InChI is InChI=1S/C17H12ClFN4O2/c1-9-16(17-20-22-23-21-17)11-7-10(5-6-15(11)25-9)24-8-12-13(18)3-2-4-14(12)19/h2-7H,8H2,1H3,(H,20,21,22,23). The van der Waals surface area contributed by atoms with Crippen LogP contribution in [0.2, 0.25) is 5.02 Å². The van der Waals surface area contributed by atoms with Crippen LogP contribution in [0.4, 0.5) is 4.39 Å². The number of rotatable bonds is 4. The fourth-order valence-electron chi connectivity index (χ4n) is 2.66. The number of halogens is 2. The first kappa shape index (κ1) is 15.6. The van der Waals surface area contributed by atoms with Gasteiger partial charge in [0, 0.05) is 10.9 Å². The van der Waals surface area contributed by atoms with Crippen molar-refractivity contribution < 1.29 is 13.5 Å². The first-order valence-corrected chi connectivity index (χ1v) is 7.84. The van der Waals surface area contributed by atoms with Gasteiger partial charge in [-0.15, -0.1) is 10.2 Å². The number of aromatic amines is 1. The third kappa shape index (κ3) is 2.83. The molecule has 0 amide bonds. The molecule has 2 heterocycles. The monoisotopic (exact) mass is 358 g/mol. The molecule has 0 saturated heterocycles. The first-order valence-electron chi connectivity index (χ1n) is 7.46. The number of nitrogens with one attached hydrogen (secondary N) is 1. The highest BCUT2D eigenvalue weighted by molar-refractivity contribution is 6.31. The van der Waals surface area contributed by atoms with Crippen LogP contribution in [0.25, 0.3) is 22.4 Å². The third-order valence-electron chi connectivity index (χ3n) is 3.85. The number of aromatic nitrogens is 4. The van der Waals surface area contributed by atoms with Crippen LogP contribution in [0.15, 0.2) is 40.8 Å². The molecule has 0 aliphatic heterocycles. The molecule has 0 aliphatic rings. The number of nitrogens with zero attached hydrogens (tertiary/aromatic N) is 3. The number of hydrogen-bond acceptors (Lipinski definition) is 5. The van der Waals surface area contributed by atoms with E-state index in [4.69, 9.17) is 20.8 Å². The lowest BCUT2D eigenvalue weighted by Gasteiger charge is -2.09. The van der Waals surface area contributed by atoms with Crippen molar-refractivity contribution in [1.29, 1.82) is 0 Å². The van der Waals surface area contributed by atoms with Crippen molar-refractivity contribution in [2.75, 3.05) is 0 Å². The Morgan fingerprint density at radius 1 is 1.28 bits per heavy atom. The van der Waals surface area contributed by atoms with Gasteiger partial charge in [-0.05, 0) is 42.5 Å². The number of hydrogen-bond donors (Lipinski definition) is 1. The Bertz CT molecular complexity index is 1030. The van der Waals surface area contributed by atoms with Crippen LogP contribution in [0.1, 0.15) is 11.3 Å². The highest BCUT2D eigenvalue weighted by Crippen LogP contribution is 2.34. The normalized spacial score (nSPS) is 11.2. The molecule has 8 heteroatoms. The lowest BCUT2D eigenvalue weighted by atomic mass is 10.1. The summed E-state index contributed by atoms with van der Waals surface area (Å²) in [5.41, 5.74) is 1.72. The molecule has 126 valence electrons. The fraction of sp³-hybridized carbons (Fsp3) is 0.118. The van der Waals surface area contributed by atoms with Crippen molar-refractivity contribution in [2.45, 2.75) is 13.5 Å². The second-order valence-corrected chi connectivity index (χ2v) is 5.82. The van der Waals surface area contributed by atoms with Gasteiger partial charge >= 0.3 is 0 Å². The van der Waals surface area contributed by atoms with Crippen LogP contribution in [-0.2, 0) is 6.61 Å². The van der Waals surface area contributed by atoms with Gasteiger partial charge in [0.15, 0.2) is 0 Å². The molecule has 0 fully saturated rings.